The predicted molar refractivity (Wildman–Crippen MR) is 57.9 cm³/mol. The summed E-state index contributed by atoms with van der Waals surface area (Å²) in [4.78, 5) is 23.2. The molecule has 6 nitrogen and oxygen atoms in total. The average Bonchev–Trinajstić information content (AvgIpc) is 2.76. The van der Waals surface area contributed by atoms with Crippen molar-refractivity contribution >= 4 is 17.5 Å². The van der Waals surface area contributed by atoms with Crippen molar-refractivity contribution in [2.24, 2.45) is 0 Å². The third-order valence-corrected chi connectivity index (χ3v) is 2.35. The number of carbonyl (C=O) groups excluding carboxylic acids is 2. The number of hydrogen-bond acceptors (Lipinski definition) is 5. The highest BCUT2D eigenvalue weighted by Crippen LogP contribution is 2.19. The van der Waals surface area contributed by atoms with E-state index in [9.17, 15) is 9.59 Å². The van der Waals surface area contributed by atoms with Crippen LogP contribution in [0.3, 0.4) is 0 Å². The van der Waals surface area contributed by atoms with E-state index in [4.69, 9.17) is 0 Å². The van der Waals surface area contributed by atoms with E-state index in [1.807, 2.05) is 0 Å². The maximum atomic E-state index is 11.7. The van der Waals surface area contributed by atoms with Gasteiger partial charge in [-0.25, -0.2) is 14.1 Å². The van der Waals surface area contributed by atoms with Gasteiger partial charge in [0.15, 0.2) is 0 Å². The zero-order valence-corrected chi connectivity index (χ0v) is 9.34. The summed E-state index contributed by atoms with van der Waals surface area (Å²) in [6.45, 7) is 0. The van der Waals surface area contributed by atoms with E-state index in [0.29, 0.717) is 5.52 Å². The number of fused-ring (bicyclic) bond motifs is 1. The topological polar surface area (TPSA) is 69.9 Å². The average molecular weight is 234 g/mol. The lowest BCUT2D eigenvalue weighted by molar-refractivity contribution is 0.0558. The molecule has 0 atom stereocenters. The molecule has 0 aliphatic carbocycles. The fourth-order valence-corrected chi connectivity index (χ4v) is 1.59. The number of nitrogens with zero attached hydrogens (tertiary/aromatic N) is 2. The first-order valence-corrected chi connectivity index (χ1v) is 4.82. The maximum Gasteiger partial charge on any atom is 0.341 e. The van der Waals surface area contributed by atoms with Crippen LogP contribution in [0.1, 0.15) is 20.7 Å². The lowest BCUT2D eigenvalue weighted by Crippen LogP contribution is -2.09. The van der Waals surface area contributed by atoms with E-state index in [0.717, 1.165) is 0 Å². The zero-order chi connectivity index (χ0) is 12.4. The highest BCUT2D eigenvalue weighted by molar-refractivity contribution is 6.08. The number of esters is 2. The summed E-state index contributed by atoms with van der Waals surface area (Å²) >= 11 is 0. The number of hydrogen-bond donors (Lipinski definition) is 0. The zero-order valence-electron chi connectivity index (χ0n) is 9.34. The van der Waals surface area contributed by atoms with E-state index in [-0.39, 0.29) is 11.1 Å². The van der Waals surface area contributed by atoms with Gasteiger partial charge in [-0.2, -0.15) is 5.10 Å². The quantitative estimate of drug-likeness (QED) is 0.722. The van der Waals surface area contributed by atoms with Crippen LogP contribution in [0.5, 0.6) is 0 Å². The van der Waals surface area contributed by atoms with Gasteiger partial charge in [-0.15, -0.1) is 0 Å². The number of rotatable bonds is 2. The molecule has 0 saturated heterocycles. The molecular weight excluding hydrogens is 224 g/mol. The fraction of sp³-hybridized carbons (Fsp3) is 0.182. The molecule has 0 unspecified atom stereocenters. The van der Waals surface area contributed by atoms with Crippen molar-refractivity contribution in [3.8, 4) is 0 Å². The molecule has 2 aromatic rings. The summed E-state index contributed by atoms with van der Waals surface area (Å²) in [5.41, 5.74) is 0.797. The normalized spacial score (nSPS) is 10.2. The van der Waals surface area contributed by atoms with Gasteiger partial charge in [-0.05, 0) is 12.1 Å². The smallest absolute Gasteiger partial charge is 0.341 e. The first kappa shape index (κ1) is 11.1. The molecule has 0 radical (unpaired) electrons. The standard InChI is InChI=1S/C11H10N2O4/c1-16-10(14)7-6-13-8(4-3-5-12-13)9(7)11(15)17-2/h3-6H,1-2H3. The minimum atomic E-state index is -0.601. The van der Waals surface area contributed by atoms with E-state index in [1.54, 1.807) is 18.3 Å². The molecule has 0 aromatic carbocycles. The molecule has 88 valence electrons. The van der Waals surface area contributed by atoms with Gasteiger partial charge < -0.3 is 9.47 Å². The van der Waals surface area contributed by atoms with Gasteiger partial charge in [0.25, 0.3) is 0 Å². The minimum Gasteiger partial charge on any atom is -0.465 e. The van der Waals surface area contributed by atoms with Gasteiger partial charge in [0.1, 0.15) is 5.56 Å². The second kappa shape index (κ2) is 4.25. The Morgan fingerprint density at radius 3 is 2.59 bits per heavy atom. The van der Waals surface area contributed by atoms with Crippen molar-refractivity contribution in [2.45, 2.75) is 0 Å². The predicted octanol–water partition coefficient (Wildman–Crippen LogP) is 0.907. The van der Waals surface area contributed by atoms with Crippen LogP contribution in [-0.4, -0.2) is 35.8 Å². The molecule has 2 heterocycles. The first-order chi connectivity index (χ1) is 8.19. The highest BCUT2D eigenvalue weighted by atomic mass is 16.5. The fourth-order valence-electron chi connectivity index (χ4n) is 1.59. The molecule has 2 aromatic heterocycles. The Morgan fingerprint density at radius 1 is 1.24 bits per heavy atom. The van der Waals surface area contributed by atoms with Crippen molar-refractivity contribution < 1.29 is 19.1 Å². The SMILES string of the molecule is COC(=O)c1cn2ncccc2c1C(=O)OC. The van der Waals surface area contributed by atoms with Gasteiger partial charge in [0.05, 0.1) is 25.3 Å². The Morgan fingerprint density at radius 2 is 1.94 bits per heavy atom. The molecule has 0 amide bonds. The lowest BCUT2D eigenvalue weighted by atomic mass is 10.1. The molecule has 0 saturated carbocycles. The number of carbonyl (C=O) groups is 2. The number of aromatic nitrogens is 2. The molecule has 0 spiro atoms. The molecule has 0 aliphatic heterocycles. The third-order valence-electron chi connectivity index (χ3n) is 2.35. The summed E-state index contributed by atoms with van der Waals surface area (Å²) in [6.07, 6.45) is 2.99. The second-order valence-electron chi connectivity index (χ2n) is 3.25. The number of ether oxygens (including phenoxy) is 2. The van der Waals surface area contributed by atoms with Crippen molar-refractivity contribution in [3.05, 3.63) is 35.7 Å². The summed E-state index contributed by atoms with van der Waals surface area (Å²) in [7, 11) is 2.50. The second-order valence-corrected chi connectivity index (χ2v) is 3.25. The number of methoxy groups -OCH3 is 2. The first-order valence-electron chi connectivity index (χ1n) is 4.82. The van der Waals surface area contributed by atoms with Gasteiger partial charge in [0.2, 0.25) is 0 Å². The Labute approximate surface area is 96.7 Å². The van der Waals surface area contributed by atoms with E-state index in [1.165, 1.54) is 24.9 Å². The lowest BCUT2D eigenvalue weighted by Gasteiger charge is -2.00. The maximum absolute atomic E-state index is 11.7. The highest BCUT2D eigenvalue weighted by Gasteiger charge is 2.24. The van der Waals surface area contributed by atoms with E-state index >= 15 is 0 Å². The molecule has 17 heavy (non-hydrogen) atoms. The van der Waals surface area contributed by atoms with Gasteiger partial charge in [-0.3, -0.25) is 0 Å². The molecular formula is C11H10N2O4. The Balaban J connectivity index is 2.73. The molecule has 0 aliphatic rings. The Hall–Kier alpha value is -2.37. The Kier molecular flexibility index (Phi) is 2.78. The summed E-state index contributed by atoms with van der Waals surface area (Å²) < 4.78 is 10.7. The van der Waals surface area contributed by atoms with E-state index in [2.05, 4.69) is 14.6 Å². The van der Waals surface area contributed by atoms with Crippen molar-refractivity contribution in [1.82, 2.24) is 9.61 Å². The largest absolute Gasteiger partial charge is 0.465 e. The summed E-state index contributed by atoms with van der Waals surface area (Å²) in [5, 5.41) is 4.00. The monoisotopic (exact) mass is 234 g/mol. The van der Waals surface area contributed by atoms with Crippen LogP contribution in [0.4, 0.5) is 0 Å². The van der Waals surface area contributed by atoms with Crippen LogP contribution in [0, 0.1) is 0 Å². The van der Waals surface area contributed by atoms with Crippen molar-refractivity contribution in [1.29, 1.82) is 0 Å². The van der Waals surface area contributed by atoms with Crippen LogP contribution < -0.4 is 0 Å². The third kappa shape index (κ3) is 1.73. The van der Waals surface area contributed by atoms with Crippen LogP contribution in [0.15, 0.2) is 24.5 Å². The summed E-state index contributed by atoms with van der Waals surface area (Å²) in [5.74, 6) is -1.20. The molecule has 2 rings (SSSR count). The van der Waals surface area contributed by atoms with Crippen molar-refractivity contribution in [2.75, 3.05) is 14.2 Å². The summed E-state index contributed by atoms with van der Waals surface area (Å²) in [6, 6.07) is 3.34. The van der Waals surface area contributed by atoms with Gasteiger partial charge >= 0.3 is 11.9 Å². The van der Waals surface area contributed by atoms with Crippen LogP contribution in [0.25, 0.3) is 5.52 Å². The van der Waals surface area contributed by atoms with E-state index < -0.39 is 11.9 Å². The van der Waals surface area contributed by atoms with Gasteiger partial charge in [0, 0.05) is 12.4 Å². The minimum absolute atomic E-state index is 0.137. The molecule has 0 bridgehead atoms. The molecule has 0 fully saturated rings. The molecule has 0 N–H and O–H groups in total. The van der Waals surface area contributed by atoms with Gasteiger partial charge in [-0.1, -0.05) is 0 Å². The van der Waals surface area contributed by atoms with Crippen LogP contribution in [-0.2, 0) is 9.47 Å². The van der Waals surface area contributed by atoms with Crippen molar-refractivity contribution in [3.63, 3.8) is 0 Å². The molecule has 6 heteroatoms. The van der Waals surface area contributed by atoms with Crippen LogP contribution >= 0.6 is 0 Å². The van der Waals surface area contributed by atoms with Crippen LogP contribution in [0.2, 0.25) is 0 Å². The Bertz CT molecular complexity index is 588.